The van der Waals surface area contributed by atoms with Gasteiger partial charge in [0.15, 0.2) is 0 Å². The molecule has 16 nitrogen and oxygen atoms in total. The number of hydrogen-bond donors (Lipinski definition) is 2. The van der Waals surface area contributed by atoms with Crippen molar-refractivity contribution in [2.24, 2.45) is 48.9 Å². The van der Waals surface area contributed by atoms with Crippen molar-refractivity contribution in [2.75, 3.05) is 26.4 Å². The van der Waals surface area contributed by atoms with Crippen LogP contribution >= 0.6 is 0 Å². The maximum atomic E-state index is 14.7. The van der Waals surface area contributed by atoms with Crippen LogP contribution in [0.2, 0.25) is 6.04 Å². The Morgan fingerprint density at radius 2 is 1.18 bits per heavy atom. The Kier molecular flexibility index (Phi) is 17.0. The number of carbonyl (C=O) groups excluding carboxylic acids is 3. The second kappa shape index (κ2) is 20.6. The predicted octanol–water partition coefficient (Wildman–Crippen LogP) is 6.19. The van der Waals surface area contributed by atoms with Crippen LogP contribution < -0.4 is 27.7 Å². The zero-order valence-corrected chi connectivity index (χ0v) is 40.8. The van der Waals surface area contributed by atoms with E-state index in [2.05, 4.69) is 69.1 Å². The first-order valence-corrected chi connectivity index (χ1v) is 24.9. The molecule has 0 bridgehead atoms. The standard InChI is InChI=1S/C45H77N7O9Si/c1-13-59-62(60-14-2,61-15-3)18-16-17-46-37(55)49-33-19-32(4)36(43(9,10)22-33)25-50-38(56)51(28-44(11)23-34(47-30-53)20-41(5,6)26-44)40(58)52(39(50)57)29-45(12)24-35(48-31-54)21-42(7,8)27-45/h32-36H,13-29H2,1-12H3,(H2,46,49,55). The first kappa shape index (κ1) is 51.2. The SMILES string of the molecule is CCO[Si](CCCNC(=O)NC1CC(C)C(Cn2c(=O)n(CC3(C)CC(N=C=O)CC(C)(C)C3)c(=O)n(CC3(C)CC(N=C=O)CC(C)(C)C3)c2=O)C(C)(C)C1)(OCC)OCC. The summed E-state index contributed by atoms with van der Waals surface area (Å²) in [4.78, 5) is 88.3. The molecule has 0 radical (unpaired) electrons. The first-order chi connectivity index (χ1) is 28.9. The van der Waals surface area contributed by atoms with Crippen LogP contribution in [0.25, 0.3) is 0 Å². The van der Waals surface area contributed by atoms with E-state index in [0.717, 1.165) is 0 Å². The number of carbonyl (C=O) groups is 1. The second-order valence-electron chi connectivity index (χ2n) is 21.7. The van der Waals surface area contributed by atoms with Gasteiger partial charge in [-0.15, -0.1) is 0 Å². The molecule has 350 valence electrons. The van der Waals surface area contributed by atoms with Crippen LogP contribution in [0.1, 0.15) is 141 Å². The molecule has 0 saturated heterocycles. The minimum Gasteiger partial charge on any atom is -0.374 e. The molecule has 2 N–H and O–H groups in total. The number of aromatic nitrogens is 3. The lowest BCUT2D eigenvalue weighted by atomic mass is 9.62. The van der Waals surface area contributed by atoms with Gasteiger partial charge < -0.3 is 23.9 Å². The number of urea groups is 1. The summed E-state index contributed by atoms with van der Waals surface area (Å²) in [5, 5.41) is 6.16. The monoisotopic (exact) mass is 888 g/mol. The molecule has 0 spiro atoms. The molecular weight excluding hydrogens is 811 g/mol. The molecule has 1 aromatic heterocycles. The molecule has 3 fully saturated rings. The van der Waals surface area contributed by atoms with Gasteiger partial charge in [-0.25, -0.2) is 52.5 Å². The number of nitrogens with zero attached hydrogens (tertiary/aromatic N) is 5. The summed E-state index contributed by atoms with van der Waals surface area (Å²) in [6.45, 7) is 26.6. The largest absolute Gasteiger partial charge is 0.500 e. The third kappa shape index (κ3) is 13.1. The van der Waals surface area contributed by atoms with E-state index in [0.29, 0.717) is 90.2 Å². The Balaban J connectivity index is 1.63. The molecule has 3 aliphatic carbocycles. The molecule has 3 aliphatic rings. The van der Waals surface area contributed by atoms with Gasteiger partial charge >= 0.3 is 31.9 Å². The molecular formula is C45H77N7O9Si. The molecule has 3 saturated carbocycles. The lowest BCUT2D eigenvalue weighted by molar-refractivity contribution is 0.0415. The van der Waals surface area contributed by atoms with E-state index in [4.69, 9.17) is 13.3 Å². The summed E-state index contributed by atoms with van der Waals surface area (Å²) >= 11 is 0. The van der Waals surface area contributed by atoms with Crippen LogP contribution in [0.15, 0.2) is 24.4 Å². The third-order valence-corrected chi connectivity index (χ3v) is 16.8. The predicted molar refractivity (Wildman–Crippen MR) is 241 cm³/mol. The highest BCUT2D eigenvalue weighted by molar-refractivity contribution is 6.60. The van der Waals surface area contributed by atoms with E-state index >= 15 is 0 Å². The van der Waals surface area contributed by atoms with E-state index < -0.39 is 42.1 Å². The van der Waals surface area contributed by atoms with Crippen LogP contribution in [0.3, 0.4) is 0 Å². The molecule has 7 atom stereocenters. The Morgan fingerprint density at radius 1 is 0.726 bits per heavy atom. The fourth-order valence-corrected chi connectivity index (χ4v) is 14.9. The average Bonchev–Trinajstić information content (AvgIpc) is 3.12. The van der Waals surface area contributed by atoms with E-state index in [1.807, 2.05) is 34.6 Å². The van der Waals surface area contributed by atoms with Crippen molar-refractivity contribution in [3.8, 4) is 0 Å². The minimum atomic E-state index is -2.82. The maximum absolute atomic E-state index is 14.7. The number of hydrogen-bond acceptors (Lipinski definition) is 11. The highest BCUT2D eigenvalue weighted by Crippen LogP contribution is 2.49. The van der Waals surface area contributed by atoms with Gasteiger partial charge in [0.1, 0.15) is 0 Å². The van der Waals surface area contributed by atoms with E-state index in [1.165, 1.54) is 13.7 Å². The Hall–Kier alpha value is -3.46. The molecule has 0 aliphatic heterocycles. The molecule has 4 rings (SSSR count). The molecule has 1 aromatic rings. The van der Waals surface area contributed by atoms with Gasteiger partial charge in [0, 0.05) is 58.1 Å². The van der Waals surface area contributed by atoms with Crippen LogP contribution in [0, 0.1) is 38.9 Å². The Morgan fingerprint density at radius 3 is 1.60 bits per heavy atom. The molecule has 17 heteroatoms. The van der Waals surface area contributed by atoms with Crippen LogP contribution in [0.5, 0.6) is 0 Å². The Labute approximate surface area is 369 Å². The van der Waals surface area contributed by atoms with Crippen LogP contribution in [0.4, 0.5) is 4.79 Å². The summed E-state index contributed by atoms with van der Waals surface area (Å²) in [7, 11) is -2.82. The molecule has 0 aromatic carbocycles. The van der Waals surface area contributed by atoms with Gasteiger partial charge in [0.05, 0.1) is 12.1 Å². The number of amides is 2. The summed E-state index contributed by atoms with van der Waals surface area (Å²) in [6.07, 6.45) is 9.01. The third-order valence-electron chi connectivity index (χ3n) is 13.7. The minimum absolute atomic E-state index is 0.00313. The molecule has 2 amide bonds. The van der Waals surface area contributed by atoms with Gasteiger partial charge in [-0.1, -0.05) is 62.3 Å². The maximum Gasteiger partial charge on any atom is 0.500 e. The zero-order valence-electron chi connectivity index (χ0n) is 39.8. The topological polar surface area (TPSA) is 194 Å². The summed E-state index contributed by atoms with van der Waals surface area (Å²) in [5.74, 6) is -0.148. The molecule has 62 heavy (non-hydrogen) atoms. The highest BCUT2D eigenvalue weighted by atomic mass is 28.4. The number of nitrogens with one attached hydrogen (secondary N) is 2. The van der Waals surface area contributed by atoms with Gasteiger partial charge in [-0.3, -0.25) is 0 Å². The van der Waals surface area contributed by atoms with Gasteiger partial charge in [0.2, 0.25) is 12.2 Å². The van der Waals surface area contributed by atoms with Crippen molar-refractivity contribution >= 4 is 27.0 Å². The fourth-order valence-electron chi connectivity index (χ4n) is 12.3. The van der Waals surface area contributed by atoms with Crippen LogP contribution in [-0.2, 0) is 42.5 Å². The van der Waals surface area contributed by atoms with Crippen molar-refractivity contribution in [2.45, 2.75) is 185 Å². The second-order valence-corrected chi connectivity index (χ2v) is 24.4. The summed E-state index contributed by atoms with van der Waals surface area (Å²) in [6, 6.07) is -0.432. The fraction of sp³-hybridized carbons (Fsp3) is 0.867. The van der Waals surface area contributed by atoms with Gasteiger partial charge in [0.25, 0.3) is 0 Å². The lowest BCUT2D eigenvalue weighted by Gasteiger charge is -2.47. The summed E-state index contributed by atoms with van der Waals surface area (Å²) < 4.78 is 21.6. The van der Waals surface area contributed by atoms with Crippen molar-refractivity contribution in [3.05, 3.63) is 31.5 Å². The lowest BCUT2D eigenvalue weighted by Crippen LogP contribution is -2.59. The number of isocyanates is 2. The summed E-state index contributed by atoms with van der Waals surface area (Å²) in [5.41, 5.74) is -4.01. The quantitative estimate of drug-likeness (QED) is 0.0705. The van der Waals surface area contributed by atoms with Crippen LogP contribution in [-0.4, -0.2) is 85.2 Å². The Bertz CT molecular complexity index is 1890. The van der Waals surface area contributed by atoms with Crippen molar-refractivity contribution in [1.29, 1.82) is 0 Å². The number of rotatable bonds is 19. The zero-order chi connectivity index (χ0) is 46.3. The first-order valence-electron chi connectivity index (χ1n) is 22.9. The molecule has 7 unspecified atom stereocenters. The highest BCUT2D eigenvalue weighted by Gasteiger charge is 2.46. The van der Waals surface area contributed by atoms with E-state index in [9.17, 15) is 28.8 Å². The van der Waals surface area contributed by atoms with Crippen molar-refractivity contribution < 1.29 is 27.7 Å². The van der Waals surface area contributed by atoms with Gasteiger partial charge in [-0.05, 0) is 117 Å². The number of aliphatic imine (C=N–C) groups is 2. The van der Waals surface area contributed by atoms with Gasteiger partial charge in [-0.2, -0.15) is 0 Å². The average molecular weight is 888 g/mol. The normalized spacial score (nSPS) is 29.2. The van der Waals surface area contributed by atoms with Crippen molar-refractivity contribution in [3.63, 3.8) is 0 Å². The van der Waals surface area contributed by atoms with Crippen molar-refractivity contribution in [1.82, 2.24) is 24.3 Å². The van der Waals surface area contributed by atoms with E-state index in [-0.39, 0.29) is 66.5 Å². The van der Waals surface area contributed by atoms with E-state index in [1.54, 1.807) is 12.2 Å². The smallest absolute Gasteiger partial charge is 0.374 e. The molecule has 1 heterocycles.